The van der Waals surface area contributed by atoms with E-state index in [2.05, 4.69) is 16.8 Å². The van der Waals surface area contributed by atoms with Crippen LogP contribution in [0, 0.1) is 6.92 Å². The quantitative estimate of drug-likeness (QED) is 0.858. The third-order valence-electron chi connectivity index (χ3n) is 3.15. The highest BCUT2D eigenvalue weighted by Crippen LogP contribution is 2.17. The second kappa shape index (κ2) is 7.46. The second-order valence-electron chi connectivity index (χ2n) is 4.76. The minimum absolute atomic E-state index is 0.0956. The van der Waals surface area contributed by atoms with Crippen LogP contribution in [0.3, 0.4) is 0 Å². The average Bonchev–Trinajstić information content (AvgIpc) is 2.93. The van der Waals surface area contributed by atoms with Crippen molar-refractivity contribution < 1.29 is 4.79 Å². The van der Waals surface area contributed by atoms with Gasteiger partial charge in [-0.15, -0.1) is 11.3 Å². The number of thiophene rings is 1. The number of hydrogen-bond acceptors (Lipinski definition) is 2. The van der Waals surface area contributed by atoms with Crippen molar-refractivity contribution in [2.24, 2.45) is 0 Å². The predicted molar refractivity (Wildman–Crippen MR) is 85.5 cm³/mol. The molecule has 0 aliphatic rings. The van der Waals surface area contributed by atoms with E-state index >= 15 is 0 Å². The Bertz CT molecular complexity index is 566. The number of aryl methyl sites for hydroxylation is 2. The van der Waals surface area contributed by atoms with Crippen molar-refractivity contribution in [2.75, 3.05) is 6.54 Å². The van der Waals surface area contributed by atoms with Crippen molar-refractivity contribution in [2.45, 2.75) is 26.2 Å². The van der Waals surface area contributed by atoms with E-state index in [0.717, 1.165) is 29.0 Å². The van der Waals surface area contributed by atoms with Gasteiger partial charge in [-0.3, -0.25) is 4.79 Å². The Hall–Kier alpha value is -1.32. The maximum absolute atomic E-state index is 11.8. The van der Waals surface area contributed by atoms with Crippen molar-refractivity contribution in [3.8, 4) is 0 Å². The molecule has 0 aliphatic heterocycles. The standard InChI is InChI=1S/C16H18ClNOS/c1-12-4-5-13(11-15(12)17)6-7-16(19)18-9-8-14-3-2-10-20-14/h2-5,10-11H,6-9H2,1H3,(H,18,19). The van der Waals surface area contributed by atoms with E-state index in [4.69, 9.17) is 11.6 Å². The van der Waals surface area contributed by atoms with Crippen LogP contribution in [0.2, 0.25) is 5.02 Å². The van der Waals surface area contributed by atoms with E-state index < -0.39 is 0 Å². The summed E-state index contributed by atoms with van der Waals surface area (Å²) in [6.07, 6.45) is 2.13. The first-order valence-corrected chi connectivity index (χ1v) is 7.95. The zero-order chi connectivity index (χ0) is 14.4. The molecule has 20 heavy (non-hydrogen) atoms. The van der Waals surface area contributed by atoms with Crippen LogP contribution in [0.25, 0.3) is 0 Å². The summed E-state index contributed by atoms with van der Waals surface area (Å²) < 4.78 is 0. The summed E-state index contributed by atoms with van der Waals surface area (Å²) in [5.74, 6) is 0.0956. The number of benzene rings is 1. The van der Waals surface area contributed by atoms with Gasteiger partial charge in [-0.25, -0.2) is 0 Å². The van der Waals surface area contributed by atoms with Gasteiger partial charge < -0.3 is 5.32 Å². The van der Waals surface area contributed by atoms with Gasteiger partial charge in [0.15, 0.2) is 0 Å². The Labute approximate surface area is 128 Å². The Morgan fingerprint density at radius 2 is 2.15 bits per heavy atom. The summed E-state index contributed by atoms with van der Waals surface area (Å²) in [4.78, 5) is 13.1. The Kier molecular flexibility index (Phi) is 5.62. The van der Waals surface area contributed by atoms with E-state index in [0.29, 0.717) is 13.0 Å². The smallest absolute Gasteiger partial charge is 0.220 e. The number of halogens is 1. The van der Waals surface area contributed by atoms with Crippen LogP contribution in [0.1, 0.15) is 22.4 Å². The van der Waals surface area contributed by atoms with Gasteiger partial charge in [-0.05, 0) is 48.4 Å². The third-order valence-corrected chi connectivity index (χ3v) is 4.49. The zero-order valence-corrected chi connectivity index (χ0v) is 13.1. The molecule has 1 heterocycles. The fraction of sp³-hybridized carbons (Fsp3) is 0.312. The lowest BCUT2D eigenvalue weighted by Crippen LogP contribution is -2.25. The molecule has 0 bridgehead atoms. The molecular weight excluding hydrogens is 290 g/mol. The predicted octanol–water partition coefficient (Wildman–Crippen LogP) is 4.00. The molecule has 2 nitrogen and oxygen atoms in total. The maximum Gasteiger partial charge on any atom is 0.220 e. The second-order valence-corrected chi connectivity index (χ2v) is 6.20. The maximum atomic E-state index is 11.8. The van der Waals surface area contributed by atoms with Crippen LogP contribution in [0.15, 0.2) is 35.7 Å². The first-order chi connectivity index (χ1) is 9.65. The van der Waals surface area contributed by atoms with Crippen molar-refractivity contribution >= 4 is 28.8 Å². The number of nitrogens with one attached hydrogen (secondary N) is 1. The normalized spacial score (nSPS) is 10.5. The van der Waals surface area contributed by atoms with Gasteiger partial charge in [0.1, 0.15) is 0 Å². The minimum Gasteiger partial charge on any atom is -0.356 e. The number of amides is 1. The van der Waals surface area contributed by atoms with E-state index in [1.807, 2.05) is 31.2 Å². The highest BCUT2D eigenvalue weighted by Gasteiger charge is 2.04. The van der Waals surface area contributed by atoms with Gasteiger partial charge in [-0.2, -0.15) is 0 Å². The molecule has 2 aromatic rings. The Morgan fingerprint density at radius 3 is 2.85 bits per heavy atom. The molecular formula is C16H18ClNOS. The largest absolute Gasteiger partial charge is 0.356 e. The molecule has 1 N–H and O–H groups in total. The molecule has 1 aromatic carbocycles. The molecule has 1 aromatic heterocycles. The van der Waals surface area contributed by atoms with Gasteiger partial charge in [0, 0.05) is 22.9 Å². The van der Waals surface area contributed by atoms with Crippen LogP contribution >= 0.6 is 22.9 Å². The summed E-state index contributed by atoms with van der Waals surface area (Å²) in [5, 5.41) is 5.77. The first kappa shape index (κ1) is 15.1. The fourth-order valence-electron chi connectivity index (χ4n) is 1.92. The number of hydrogen-bond donors (Lipinski definition) is 1. The van der Waals surface area contributed by atoms with E-state index in [9.17, 15) is 4.79 Å². The van der Waals surface area contributed by atoms with Crippen LogP contribution in [0.4, 0.5) is 0 Å². The zero-order valence-electron chi connectivity index (χ0n) is 11.5. The number of carbonyl (C=O) groups is 1. The Morgan fingerprint density at radius 1 is 1.30 bits per heavy atom. The molecule has 1 amide bonds. The lowest BCUT2D eigenvalue weighted by atomic mass is 10.1. The summed E-state index contributed by atoms with van der Waals surface area (Å²) in [5.41, 5.74) is 2.17. The van der Waals surface area contributed by atoms with Crippen molar-refractivity contribution in [1.82, 2.24) is 5.32 Å². The van der Waals surface area contributed by atoms with Gasteiger partial charge in [0.2, 0.25) is 5.91 Å². The fourth-order valence-corrected chi connectivity index (χ4v) is 2.83. The minimum atomic E-state index is 0.0956. The van der Waals surface area contributed by atoms with E-state index in [1.54, 1.807) is 11.3 Å². The van der Waals surface area contributed by atoms with Crippen LogP contribution in [-0.2, 0) is 17.6 Å². The molecule has 0 saturated carbocycles. The molecule has 0 spiro atoms. The van der Waals surface area contributed by atoms with Gasteiger partial charge >= 0.3 is 0 Å². The molecule has 0 saturated heterocycles. The average molecular weight is 308 g/mol. The molecule has 106 valence electrons. The molecule has 0 atom stereocenters. The molecule has 0 radical (unpaired) electrons. The first-order valence-electron chi connectivity index (χ1n) is 6.69. The Balaban J connectivity index is 1.70. The molecule has 0 unspecified atom stereocenters. The van der Waals surface area contributed by atoms with Crippen LogP contribution < -0.4 is 5.32 Å². The molecule has 0 fully saturated rings. The summed E-state index contributed by atoms with van der Waals surface area (Å²) in [6, 6.07) is 10.1. The number of carbonyl (C=O) groups excluding carboxylic acids is 1. The highest BCUT2D eigenvalue weighted by molar-refractivity contribution is 7.09. The van der Waals surface area contributed by atoms with E-state index in [1.165, 1.54) is 4.88 Å². The summed E-state index contributed by atoms with van der Waals surface area (Å²) >= 11 is 7.79. The molecule has 2 rings (SSSR count). The molecule has 4 heteroatoms. The summed E-state index contributed by atoms with van der Waals surface area (Å²) in [6.45, 7) is 2.68. The van der Waals surface area contributed by atoms with Crippen molar-refractivity contribution in [3.63, 3.8) is 0 Å². The third kappa shape index (κ3) is 4.66. The van der Waals surface area contributed by atoms with Gasteiger partial charge in [-0.1, -0.05) is 29.8 Å². The van der Waals surface area contributed by atoms with Crippen LogP contribution in [0.5, 0.6) is 0 Å². The highest BCUT2D eigenvalue weighted by atomic mass is 35.5. The summed E-state index contributed by atoms with van der Waals surface area (Å²) in [7, 11) is 0. The van der Waals surface area contributed by atoms with Crippen molar-refractivity contribution in [3.05, 3.63) is 56.7 Å². The van der Waals surface area contributed by atoms with Crippen LogP contribution in [-0.4, -0.2) is 12.5 Å². The topological polar surface area (TPSA) is 29.1 Å². The van der Waals surface area contributed by atoms with Crippen molar-refractivity contribution in [1.29, 1.82) is 0 Å². The van der Waals surface area contributed by atoms with Gasteiger partial charge in [0.25, 0.3) is 0 Å². The lowest BCUT2D eigenvalue weighted by Gasteiger charge is -2.06. The monoisotopic (exact) mass is 307 g/mol. The number of rotatable bonds is 6. The van der Waals surface area contributed by atoms with E-state index in [-0.39, 0.29) is 5.91 Å². The molecule has 0 aliphatic carbocycles. The SMILES string of the molecule is Cc1ccc(CCC(=O)NCCc2cccs2)cc1Cl. The van der Waals surface area contributed by atoms with Gasteiger partial charge in [0.05, 0.1) is 0 Å². The lowest BCUT2D eigenvalue weighted by molar-refractivity contribution is -0.121.